The molecule has 2 aliphatic heterocycles. The third-order valence-corrected chi connectivity index (χ3v) is 5.84. The van der Waals surface area contributed by atoms with Gasteiger partial charge in [0.1, 0.15) is 12.4 Å². The van der Waals surface area contributed by atoms with Crippen molar-refractivity contribution in [3.63, 3.8) is 0 Å². The molecule has 2 aromatic carbocycles. The van der Waals surface area contributed by atoms with Crippen molar-refractivity contribution in [1.29, 1.82) is 0 Å². The molecule has 1 saturated heterocycles. The monoisotopic (exact) mass is 392 g/mol. The number of benzene rings is 2. The fraction of sp³-hybridized carbons (Fsp3) is 0.417. The Kier molecular flexibility index (Phi) is 5.84. The van der Waals surface area contributed by atoms with Crippen LogP contribution in [0.5, 0.6) is 5.75 Å². The average molecular weight is 392 g/mol. The first-order valence-corrected chi connectivity index (χ1v) is 10.5. The molecular weight excluding hydrogens is 364 g/mol. The molecule has 0 saturated carbocycles. The van der Waals surface area contributed by atoms with Gasteiger partial charge in [-0.3, -0.25) is 9.59 Å². The summed E-state index contributed by atoms with van der Waals surface area (Å²) in [5, 5.41) is 0. The van der Waals surface area contributed by atoms with Crippen LogP contribution in [0.2, 0.25) is 0 Å². The molecule has 1 fully saturated rings. The number of hydrogen-bond donors (Lipinski definition) is 0. The number of nitrogens with zero attached hydrogens (tertiary/aromatic N) is 2. The van der Waals surface area contributed by atoms with Crippen molar-refractivity contribution < 1.29 is 14.3 Å². The second-order valence-corrected chi connectivity index (χ2v) is 7.99. The van der Waals surface area contributed by atoms with Gasteiger partial charge in [-0.15, -0.1) is 0 Å². The Labute approximate surface area is 172 Å². The van der Waals surface area contributed by atoms with Gasteiger partial charge in [0, 0.05) is 37.2 Å². The van der Waals surface area contributed by atoms with Crippen LogP contribution in [0.1, 0.15) is 47.7 Å². The summed E-state index contributed by atoms with van der Waals surface area (Å²) in [4.78, 5) is 29.5. The quantitative estimate of drug-likeness (QED) is 0.798. The van der Waals surface area contributed by atoms with Gasteiger partial charge in [0.15, 0.2) is 0 Å². The highest BCUT2D eigenvalue weighted by molar-refractivity contribution is 5.94. The molecule has 1 atom stereocenters. The van der Waals surface area contributed by atoms with E-state index in [4.69, 9.17) is 4.74 Å². The maximum atomic E-state index is 13.0. The lowest BCUT2D eigenvalue weighted by Gasteiger charge is -2.26. The van der Waals surface area contributed by atoms with Crippen LogP contribution in [0.4, 0.5) is 0 Å². The van der Waals surface area contributed by atoms with Crippen LogP contribution in [0, 0.1) is 0 Å². The molecule has 0 aliphatic carbocycles. The molecule has 2 heterocycles. The molecule has 0 spiro atoms. The number of ether oxygens (including phenoxy) is 1. The van der Waals surface area contributed by atoms with E-state index >= 15 is 0 Å². The number of carbonyl (C=O) groups excluding carboxylic acids is 2. The maximum absolute atomic E-state index is 13.0. The molecule has 4 rings (SSSR count). The second-order valence-electron chi connectivity index (χ2n) is 7.99. The Hall–Kier alpha value is -2.82. The van der Waals surface area contributed by atoms with Crippen LogP contribution < -0.4 is 4.74 Å². The molecule has 0 aromatic heterocycles. The summed E-state index contributed by atoms with van der Waals surface area (Å²) in [6, 6.07) is 15.7. The Morgan fingerprint density at radius 1 is 1.07 bits per heavy atom. The highest BCUT2D eigenvalue weighted by Gasteiger charge is 2.27. The van der Waals surface area contributed by atoms with Crippen molar-refractivity contribution in [2.45, 2.75) is 45.2 Å². The number of aryl methyl sites for hydroxylation is 1. The van der Waals surface area contributed by atoms with E-state index in [9.17, 15) is 9.59 Å². The lowest BCUT2D eigenvalue weighted by atomic mass is 10.1. The van der Waals surface area contributed by atoms with E-state index in [1.165, 1.54) is 5.56 Å². The van der Waals surface area contributed by atoms with E-state index in [0.717, 1.165) is 43.7 Å². The molecule has 0 unspecified atom stereocenters. The minimum atomic E-state index is -0.0107. The Morgan fingerprint density at radius 3 is 2.59 bits per heavy atom. The summed E-state index contributed by atoms with van der Waals surface area (Å²) in [7, 11) is 0. The zero-order chi connectivity index (χ0) is 20.2. The molecule has 2 aliphatic rings. The van der Waals surface area contributed by atoms with Crippen molar-refractivity contribution in [1.82, 2.24) is 9.80 Å². The van der Waals surface area contributed by atoms with E-state index in [1.54, 1.807) is 0 Å². The molecule has 0 N–H and O–H groups in total. The van der Waals surface area contributed by atoms with Gasteiger partial charge >= 0.3 is 0 Å². The topological polar surface area (TPSA) is 49.9 Å². The maximum Gasteiger partial charge on any atom is 0.253 e. The normalized spacial score (nSPS) is 18.7. The van der Waals surface area contributed by atoms with Gasteiger partial charge < -0.3 is 14.5 Å². The number of likely N-dealkylation sites (tertiary alicyclic amines) is 1. The summed E-state index contributed by atoms with van der Waals surface area (Å²) in [6.45, 7) is 4.61. The van der Waals surface area contributed by atoms with Crippen LogP contribution in [0.25, 0.3) is 0 Å². The first-order valence-electron chi connectivity index (χ1n) is 10.5. The molecule has 5 heteroatoms. The van der Waals surface area contributed by atoms with Crippen molar-refractivity contribution in [2.24, 2.45) is 0 Å². The van der Waals surface area contributed by atoms with Crippen molar-refractivity contribution in [3.05, 3.63) is 65.2 Å². The first-order chi connectivity index (χ1) is 14.1. The van der Waals surface area contributed by atoms with Crippen LogP contribution in [-0.4, -0.2) is 47.4 Å². The molecule has 5 nitrogen and oxygen atoms in total. The third-order valence-electron chi connectivity index (χ3n) is 5.84. The van der Waals surface area contributed by atoms with Gasteiger partial charge in [-0.1, -0.05) is 30.3 Å². The zero-order valence-corrected chi connectivity index (χ0v) is 17.0. The smallest absolute Gasteiger partial charge is 0.253 e. The van der Waals surface area contributed by atoms with Gasteiger partial charge in [-0.2, -0.15) is 0 Å². The summed E-state index contributed by atoms with van der Waals surface area (Å²) >= 11 is 0. The van der Waals surface area contributed by atoms with Crippen molar-refractivity contribution >= 4 is 11.8 Å². The Bertz CT molecular complexity index is 875. The highest BCUT2D eigenvalue weighted by Crippen LogP contribution is 2.28. The summed E-state index contributed by atoms with van der Waals surface area (Å²) < 4.78 is 5.95. The van der Waals surface area contributed by atoms with Crippen LogP contribution in [0.3, 0.4) is 0 Å². The molecule has 2 aromatic rings. The van der Waals surface area contributed by atoms with Gasteiger partial charge in [-0.25, -0.2) is 0 Å². The SMILES string of the molecule is C[C@H]1COc2ccc(C(=O)N3CCCC3)cc2CN1C(=O)CCc1ccccc1. The molecular formula is C24H28N2O3. The Morgan fingerprint density at radius 2 is 1.83 bits per heavy atom. The minimum absolute atomic E-state index is 0.0107. The fourth-order valence-corrected chi connectivity index (χ4v) is 4.09. The standard InChI is InChI=1S/C24H28N2O3/c1-18-17-29-22-11-10-20(24(28)25-13-5-6-14-25)15-21(22)16-26(18)23(27)12-9-19-7-3-2-4-8-19/h2-4,7-8,10-11,15,18H,5-6,9,12-14,16-17H2,1H3/t18-/m0/s1. The van der Waals surface area contributed by atoms with Crippen LogP contribution >= 0.6 is 0 Å². The fourth-order valence-electron chi connectivity index (χ4n) is 4.09. The van der Waals surface area contributed by atoms with E-state index in [0.29, 0.717) is 25.1 Å². The highest BCUT2D eigenvalue weighted by atomic mass is 16.5. The zero-order valence-electron chi connectivity index (χ0n) is 17.0. The van der Waals surface area contributed by atoms with Crippen LogP contribution in [0.15, 0.2) is 48.5 Å². The van der Waals surface area contributed by atoms with Gasteiger partial charge in [0.05, 0.1) is 6.04 Å². The van der Waals surface area contributed by atoms with Crippen molar-refractivity contribution in [3.8, 4) is 5.75 Å². The molecule has 0 bridgehead atoms. The predicted octanol–water partition coefficient (Wildman–Crippen LogP) is 3.66. The van der Waals surface area contributed by atoms with E-state index < -0.39 is 0 Å². The van der Waals surface area contributed by atoms with Crippen molar-refractivity contribution in [2.75, 3.05) is 19.7 Å². The molecule has 29 heavy (non-hydrogen) atoms. The van der Waals surface area contributed by atoms with E-state index in [-0.39, 0.29) is 17.9 Å². The first kappa shape index (κ1) is 19.5. The number of hydrogen-bond acceptors (Lipinski definition) is 3. The number of amides is 2. The second kappa shape index (κ2) is 8.68. The van der Waals surface area contributed by atoms with Gasteiger partial charge in [0.2, 0.25) is 5.91 Å². The average Bonchev–Trinajstić information content (AvgIpc) is 3.24. The minimum Gasteiger partial charge on any atom is -0.491 e. The molecule has 152 valence electrons. The summed E-state index contributed by atoms with van der Waals surface area (Å²) in [6.07, 6.45) is 3.34. The van der Waals surface area contributed by atoms with Gasteiger partial charge in [0.25, 0.3) is 5.91 Å². The predicted molar refractivity (Wildman–Crippen MR) is 112 cm³/mol. The van der Waals surface area contributed by atoms with E-state index in [2.05, 4.69) is 0 Å². The third kappa shape index (κ3) is 4.44. The Balaban J connectivity index is 1.49. The number of carbonyl (C=O) groups is 2. The lowest BCUT2D eigenvalue weighted by Crippen LogP contribution is -2.40. The van der Waals surface area contributed by atoms with Crippen LogP contribution in [-0.2, 0) is 17.8 Å². The largest absolute Gasteiger partial charge is 0.491 e. The number of rotatable bonds is 4. The summed E-state index contributed by atoms with van der Waals surface area (Å²) in [5.74, 6) is 0.965. The lowest BCUT2D eigenvalue weighted by molar-refractivity contribution is -0.134. The van der Waals surface area contributed by atoms with Gasteiger partial charge in [-0.05, 0) is 49.9 Å². The molecule has 2 amide bonds. The number of fused-ring (bicyclic) bond motifs is 1. The summed E-state index contributed by atoms with van der Waals surface area (Å²) in [5.41, 5.74) is 2.76. The van der Waals surface area contributed by atoms with E-state index in [1.807, 2.05) is 65.3 Å². The molecule has 0 radical (unpaired) electrons.